The van der Waals surface area contributed by atoms with Crippen molar-refractivity contribution in [3.05, 3.63) is 24.3 Å². The lowest BCUT2D eigenvalue weighted by Crippen LogP contribution is -2.43. The Bertz CT molecular complexity index is 680. The third-order valence-electron chi connectivity index (χ3n) is 5.25. The lowest BCUT2D eigenvalue weighted by Gasteiger charge is -2.29. The minimum atomic E-state index is 0. The lowest BCUT2D eigenvalue weighted by molar-refractivity contribution is -0.121. The van der Waals surface area contributed by atoms with E-state index < -0.39 is 0 Å². The normalized spacial score (nSPS) is 19.4. The van der Waals surface area contributed by atoms with Gasteiger partial charge in [-0.05, 0) is 43.2 Å². The number of nitrogens with zero attached hydrogens (tertiary/aromatic N) is 3. The van der Waals surface area contributed by atoms with Crippen LogP contribution in [0.1, 0.15) is 33.1 Å². The third-order valence-corrected chi connectivity index (χ3v) is 5.25. The average Bonchev–Trinajstić information content (AvgIpc) is 3.10. The van der Waals surface area contributed by atoms with Crippen molar-refractivity contribution in [2.75, 3.05) is 44.7 Å². The number of anilines is 1. The first-order chi connectivity index (χ1) is 13.1. The molecule has 28 heavy (non-hydrogen) atoms. The Labute approximate surface area is 185 Å². The first kappa shape index (κ1) is 22.8. The van der Waals surface area contributed by atoms with Gasteiger partial charge in [0, 0.05) is 33.2 Å². The van der Waals surface area contributed by atoms with Crippen LogP contribution >= 0.6 is 24.0 Å². The molecule has 2 aliphatic rings. The van der Waals surface area contributed by atoms with E-state index in [-0.39, 0.29) is 36.5 Å². The van der Waals surface area contributed by atoms with Gasteiger partial charge >= 0.3 is 0 Å². The number of amides is 1. The van der Waals surface area contributed by atoms with E-state index in [9.17, 15) is 4.79 Å². The zero-order valence-electron chi connectivity index (χ0n) is 17.2. The van der Waals surface area contributed by atoms with Gasteiger partial charge in [0.25, 0.3) is 5.91 Å². The standard InChI is InChI=1S/C21H32N4O2.HI/c1-16(2)13-17-9-12-24(14-17)21(22-3)23-10-6-11-25-18-7-4-5-8-19(18)27-15-20(25)26;/h4-5,7-8,16-17H,6,9-15H2,1-3H3,(H,22,23);1H. The summed E-state index contributed by atoms with van der Waals surface area (Å²) in [5.41, 5.74) is 0.870. The van der Waals surface area contributed by atoms with Crippen molar-refractivity contribution in [2.24, 2.45) is 16.8 Å². The van der Waals surface area contributed by atoms with E-state index in [0.29, 0.717) is 6.54 Å². The Morgan fingerprint density at radius 1 is 1.36 bits per heavy atom. The van der Waals surface area contributed by atoms with Crippen LogP contribution in [0, 0.1) is 11.8 Å². The minimum Gasteiger partial charge on any atom is -0.482 e. The fourth-order valence-electron chi connectivity index (χ4n) is 4.05. The highest BCUT2D eigenvalue weighted by Crippen LogP contribution is 2.31. The topological polar surface area (TPSA) is 57.2 Å². The van der Waals surface area contributed by atoms with Crippen LogP contribution in [-0.2, 0) is 4.79 Å². The van der Waals surface area contributed by atoms with Crippen LogP contribution in [-0.4, -0.2) is 56.6 Å². The van der Waals surface area contributed by atoms with Crippen LogP contribution in [0.25, 0.3) is 0 Å². The number of halogens is 1. The SMILES string of the molecule is CN=C(NCCCN1C(=O)COc2ccccc21)N1CCC(CC(C)C)C1.I. The zero-order chi connectivity index (χ0) is 19.2. The van der Waals surface area contributed by atoms with Crippen molar-refractivity contribution < 1.29 is 9.53 Å². The molecule has 0 spiro atoms. The van der Waals surface area contributed by atoms with E-state index in [1.54, 1.807) is 0 Å². The second-order valence-corrected chi connectivity index (χ2v) is 7.86. The summed E-state index contributed by atoms with van der Waals surface area (Å²) in [4.78, 5) is 20.9. The van der Waals surface area contributed by atoms with Gasteiger partial charge in [0.2, 0.25) is 0 Å². The van der Waals surface area contributed by atoms with Crippen molar-refractivity contribution in [2.45, 2.75) is 33.1 Å². The molecule has 1 amide bonds. The molecule has 2 aliphatic heterocycles. The molecule has 156 valence electrons. The maximum Gasteiger partial charge on any atom is 0.265 e. The summed E-state index contributed by atoms with van der Waals surface area (Å²) in [6, 6.07) is 7.73. The zero-order valence-corrected chi connectivity index (χ0v) is 19.5. The summed E-state index contributed by atoms with van der Waals surface area (Å²) < 4.78 is 5.50. The number of likely N-dealkylation sites (tertiary alicyclic amines) is 1. The fourth-order valence-corrected chi connectivity index (χ4v) is 4.05. The summed E-state index contributed by atoms with van der Waals surface area (Å²) in [6.45, 7) is 8.35. The van der Waals surface area contributed by atoms with Crippen molar-refractivity contribution in [3.8, 4) is 5.75 Å². The van der Waals surface area contributed by atoms with Gasteiger partial charge in [0.1, 0.15) is 5.75 Å². The number of fused-ring (bicyclic) bond motifs is 1. The van der Waals surface area contributed by atoms with Crippen molar-refractivity contribution >= 4 is 41.5 Å². The molecule has 0 bridgehead atoms. The Morgan fingerprint density at radius 2 is 2.14 bits per heavy atom. The molecule has 0 aromatic heterocycles. The molecular weight excluding hydrogens is 467 g/mol. The first-order valence-corrected chi connectivity index (χ1v) is 10.1. The molecule has 1 fully saturated rings. The van der Waals surface area contributed by atoms with E-state index in [1.807, 2.05) is 36.2 Å². The van der Waals surface area contributed by atoms with E-state index in [4.69, 9.17) is 4.74 Å². The first-order valence-electron chi connectivity index (χ1n) is 10.1. The van der Waals surface area contributed by atoms with Gasteiger partial charge in [0.15, 0.2) is 12.6 Å². The highest BCUT2D eigenvalue weighted by atomic mass is 127. The smallest absolute Gasteiger partial charge is 0.265 e. The van der Waals surface area contributed by atoms with Crippen LogP contribution in [0.3, 0.4) is 0 Å². The van der Waals surface area contributed by atoms with E-state index >= 15 is 0 Å². The van der Waals surface area contributed by atoms with E-state index in [1.165, 1.54) is 12.8 Å². The van der Waals surface area contributed by atoms with E-state index in [2.05, 4.69) is 29.1 Å². The molecule has 1 saturated heterocycles. The van der Waals surface area contributed by atoms with Crippen molar-refractivity contribution in [3.63, 3.8) is 0 Å². The molecule has 2 heterocycles. The number of nitrogens with one attached hydrogen (secondary N) is 1. The van der Waals surface area contributed by atoms with Gasteiger partial charge in [-0.1, -0.05) is 26.0 Å². The van der Waals surface area contributed by atoms with Crippen LogP contribution in [0.5, 0.6) is 5.75 Å². The van der Waals surface area contributed by atoms with Crippen molar-refractivity contribution in [1.82, 2.24) is 10.2 Å². The number of aliphatic imine (C=N–C) groups is 1. The Morgan fingerprint density at radius 3 is 2.89 bits per heavy atom. The minimum absolute atomic E-state index is 0. The van der Waals surface area contributed by atoms with Crippen LogP contribution in [0.15, 0.2) is 29.3 Å². The average molecular weight is 500 g/mol. The molecule has 1 aromatic carbocycles. The molecule has 1 N–H and O–H groups in total. The molecule has 1 atom stereocenters. The molecule has 1 unspecified atom stereocenters. The Balaban J connectivity index is 0.00000280. The molecule has 7 heteroatoms. The highest BCUT2D eigenvalue weighted by molar-refractivity contribution is 14.0. The molecule has 1 aromatic rings. The van der Waals surface area contributed by atoms with Gasteiger partial charge < -0.3 is 19.9 Å². The molecule has 6 nitrogen and oxygen atoms in total. The number of hydrogen-bond acceptors (Lipinski definition) is 3. The molecule has 3 rings (SSSR count). The number of para-hydroxylation sites is 2. The monoisotopic (exact) mass is 500 g/mol. The highest BCUT2D eigenvalue weighted by Gasteiger charge is 2.26. The maximum atomic E-state index is 12.2. The van der Waals surface area contributed by atoms with Gasteiger partial charge in [-0.25, -0.2) is 0 Å². The van der Waals surface area contributed by atoms with Gasteiger partial charge in [0.05, 0.1) is 5.69 Å². The second-order valence-electron chi connectivity index (χ2n) is 7.86. The maximum absolute atomic E-state index is 12.2. The van der Waals surface area contributed by atoms with Gasteiger partial charge in [-0.2, -0.15) is 0 Å². The largest absolute Gasteiger partial charge is 0.482 e. The Hall–Kier alpha value is -1.51. The number of carbonyl (C=O) groups excluding carboxylic acids is 1. The predicted molar refractivity (Wildman–Crippen MR) is 125 cm³/mol. The number of hydrogen-bond donors (Lipinski definition) is 1. The summed E-state index contributed by atoms with van der Waals surface area (Å²) in [6.07, 6.45) is 3.40. The van der Waals surface area contributed by atoms with Gasteiger partial charge in [-0.15, -0.1) is 24.0 Å². The summed E-state index contributed by atoms with van der Waals surface area (Å²) >= 11 is 0. The molecular formula is C21H33IN4O2. The van der Waals surface area contributed by atoms with Crippen LogP contribution in [0.2, 0.25) is 0 Å². The van der Waals surface area contributed by atoms with Gasteiger partial charge in [-0.3, -0.25) is 9.79 Å². The number of carbonyl (C=O) groups is 1. The number of benzene rings is 1. The van der Waals surface area contributed by atoms with E-state index in [0.717, 1.165) is 55.3 Å². The summed E-state index contributed by atoms with van der Waals surface area (Å²) in [5.74, 6) is 3.31. The quantitative estimate of drug-likeness (QED) is 0.282. The second kappa shape index (κ2) is 10.9. The number of ether oxygens (including phenoxy) is 1. The summed E-state index contributed by atoms with van der Waals surface area (Å²) in [7, 11) is 1.85. The third kappa shape index (κ3) is 5.75. The van der Waals surface area contributed by atoms with Crippen LogP contribution < -0.4 is 15.0 Å². The molecule has 0 aliphatic carbocycles. The van der Waals surface area contributed by atoms with Crippen molar-refractivity contribution in [1.29, 1.82) is 0 Å². The van der Waals surface area contributed by atoms with Crippen LogP contribution in [0.4, 0.5) is 5.69 Å². The molecule has 0 radical (unpaired) electrons. The Kier molecular flexibility index (Phi) is 8.85. The molecule has 0 saturated carbocycles. The number of rotatable bonds is 6. The summed E-state index contributed by atoms with van der Waals surface area (Å²) in [5, 5.41) is 3.47. The predicted octanol–water partition coefficient (Wildman–Crippen LogP) is 3.36. The number of guanidine groups is 1. The lowest BCUT2D eigenvalue weighted by atomic mass is 9.97. The fraction of sp³-hybridized carbons (Fsp3) is 0.619.